The van der Waals surface area contributed by atoms with Gasteiger partial charge in [0.15, 0.2) is 0 Å². The van der Waals surface area contributed by atoms with Crippen LogP contribution in [0.1, 0.15) is 27.2 Å². The van der Waals surface area contributed by atoms with Gasteiger partial charge in [-0.1, -0.05) is 63.7 Å². The zero-order valence-corrected chi connectivity index (χ0v) is 12.7. The second-order valence-corrected chi connectivity index (χ2v) is 2.22. The minimum absolute atomic E-state index is 0. The van der Waals surface area contributed by atoms with Crippen LogP contribution >= 0.6 is 0 Å². The summed E-state index contributed by atoms with van der Waals surface area (Å²) in [4.78, 5) is 9.99. The topological polar surface area (TPSA) is 40.9 Å². The van der Waals surface area contributed by atoms with Crippen LogP contribution in [0.2, 0.25) is 0 Å². The standard InChI is InChI=1S/C6H6.C4H8NO.C2H6.Y/c1-2-4-6-5-3-1;1-2-4(6)3-5;1-2;/h1-6H;5H,2-3H2,1H3;1-2H3;/q;-1;;. The number of rotatable bonds is 2. The van der Waals surface area contributed by atoms with E-state index in [9.17, 15) is 4.79 Å². The number of carbonyl (C=O) groups is 1. The Morgan fingerprint density at radius 2 is 1.27 bits per heavy atom. The van der Waals surface area contributed by atoms with Gasteiger partial charge in [-0.25, -0.2) is 0 Å². The molecule has 83 valence electrons. The number of ketones is 1. The summed E-state index contributed by atoms with van der Waals surface area (Å²) in [6.45, 7) is 5.70. The Morgan fingerprint density at radius 3 is 1.33 bits per heavy atom. The molecule has 0 aliphatic heterocycles. The van der Waals surface area contributed by atoms with Crippen molar-refractivity contribution in [3.63, 3.8) is 0 Å². The Labute approximate surface area is 119 Å². The molecule has 0 unspecified atom stereocenters. The molecule has 1 aromatic rings. The fraction of sp³-hybridized carbons (Fsp3) is 0.417. The van der Waals surface area contributed by atoms with Crippen LogP contribution in [0.4, 0.5) is 0 Å². The molecule has 1 aromatic carbocycles. The zero-order valence-electron chi connectivity index (χ0n) is 9.86. The van der Waals surface area contributed by atoms with Crippen LogP contribution < -0.4 is 0 Å². The maximum absolute atomic E-state index is 9.99. The number of carbonyl (C=O) groups excluding carboxylic acids is 1. The van der Waals surface area contributed by atoms with Gasteiger partial charge < -0.3 is 10.5 Å². The number of nitrogens with one attached hydrogen (secondary N) is 1. The van der Waals surface area contributed by atoms with E-state index in [0.717, 1.165) is 0 Å². The van der Waals surface area contributed by atoms with Crippen molar-refractivity contribution in [3.8, 4) is 0 Å². The SMILES string of the molecule is CC.CCC(=O)C[NH-].[Y].c1ccccc1. The van der Waals surface area contributed by atoms with Crippen LogP contribution in [0.5, 0.6) is 0 Å². The van der Waals surface area contributed by atoms with E-state index < -0.39 is 0 Å². The number of hydrogen-bond acceptors (Lipinski definition) is 1. The molecule has 0 saturated carbocycles. The summed E-state index contributed by atoms with van der Waals surface area (Å²) >= 11 is 0. The first-order valence-corrected chi connectivity index (χ1v) is 4.97. The van der Waals surface area contributed by atoms with E-state index in [1.165, 1.54) is 0 Å². The van der Waals surface area contributed by atoms with E-state index in [2.05, 4.69) is 0 Å². The largest absolute Gasteiger partial charge is 0.671 e. The predicted molar refractivity (Wildman–Crippen MR) is 62.3 cm³/mol. The zero-order chi connectivity index (χ0) is 11.2. The molecular formula is C12H20NOY-. The van der Waals surface area contributed by atoms with Gasteiger partial charge in [0.05, 0.1) is 0 Å². The molecule has 0 amide bonds. The van der Waals surface area contributed by atoms with Crippen molar-refractivity contribution in [1.82, 2.24) is 0 Å². The number of Topliss-reactive ketones (excluding diaryl/α,β-unsaturated/α-hetero) is 1. The molecule has 0 aliphatic carbocycles. The van der Waals surface area contributed by atoms with Gasteiger partial charge in [-0.3, -0.25) is 0 Å². The molecule has 0 saturated heterocycles. The third-order valence-electron chi connectivity index (χ3n) is 1.26. The Kier molecular flexibility index (Phi) is 26.5. The summed E-state index contributed by atoms with van der Waals surface area (Å²) in [5.41, 5.74) is 6.46. The number of benzene rings is 1. The first kappa shape index (κ1) is 20.4. The molecule has 1 rings (SSSR count). The molecular weight excluding hydrogens is 263 g/mol. The van der Waals surface area contributed by atoms with Crippen LogP contribution in [0.3, 0.4) is 0 Å². The van der Waals surface area contributed by atoms with E-state index >= 15 is 0 Å². The molecule has 0 aromatic heterocycles. The molecule has 1 N–H and O–H groups in total. The summed E-state index contributed by atoms with van der Waals surface area (Å²) in [6.07, 6.45) is 0.503. The van der Waals surface area contributed by atoms with Gasteiger partial charge in [0.25, 0.3) is 0 Å². The summed E-state index contributed by atoms with van der Waals surface area (Å²) in [5, 5.41) is 0. The minimum atomic E-state index is -0.0590. The van der Waals surface area contributed by atoms with Crippen molar-refractivity contribution >= 4 is 5.78 Å². The number of hydrogen-bond donors (Lipinski definition) is 0. The predicted octanol–water partition coefficient (Wildman–Crippen LogP) is 3.73. The molecule has 15 heavy (non-hydrogen) atoms. The average Bonchev–Trinajstić information content (AvgIpc) is 2.33. The molecule has 0 aliphatic rings. The van der Waals surface area contributed by atoms with E-state index in [4.69, 9.17) is 5.73 Å². The third-order valence-corrected chi connectivity index (χ3v) is 1.26. The maximum atomic E-state index is 9.99. The molecule has 0 atom stereocenters. The first-order chi connectivity index (χ1) is 6.81. The van der Waals surface area contributed by atoms with Crippen molar-refractivity contribution in [2.24, 2.45) is 0 Å². The average molecular weight is 283 g/mol. The van der Waals surface area contributed by atoms with Crippen LogP contribution in [-0.2, 0) is 37.5 Å². The third kappa shape index (κ3) is 20.1. The van der Waals surface area contributed by atoms with Gasteiger partial charge in [0.1, 0.15) is 5.78 Å². The van der Waals surface area contributed by atoms with Gasteiger partial charge in [0.2, 0.25) is 0 Å². The fourth-order valence-corrected chi connectivity index (χ4v) is 0.510. The Balaban J connectivity index is -0.000000156. The minimum Gasteiger partial charge on any atom is -0.671 e. The van der Waals surface area contributed by atoms with Gasteiger partial charge in [-0.05, 0) is 0 Å². The van der Waals surface area contributed by atoms with Crippen molar-refractivity contribution in [3.05, 3.63) is 42.1 Å². The Morgan fingerprint density at radius 1 is 1.00 bits per heavy atom. The van der Waals surface area contributed by atoms with Crippen LogP contribution in [-0.4, -0.2) is 12.3 Å². The normalized spacial score (nSPS) is 6.93. The van der Waals surface area contributed by atoms with Gasteiger partial charge in [0, 0.05) is 39.1 Å². The smallest absolute Gasteiger partial charge is 0.112 e. The van der Waals surface area contributed by atoms with E-state index in [1.807, 2.05) is 50.2 Å². The van der Waals surface area contributed by atoms with E-state index in [-0.39, 0.29) is 45.0 Å². The van der Waals surface area contributed by atoms with Gasteiger partial charge in [-0.2, -0.15) is 0 Å². The Hall–Kier alpha value is -0.0461. The van der Waals surface area contributed by atoms with Crippen LogP contribution in [0.25, 0.3) is 5.73 Å². The van der Waals surface area contributed by atoms with Crippen molar-refractivity contribution in [2.45, 2.75) is 27.2 Å². The molecule has 1 radical (unpaired) electrons. The van der Waals surface area contributed by atoms with Crippen LogP contribution in [0.15, 0.2) is 36.4 Å². The second-order valence-electron chi connectivity index (χ2n) is 2.22. The quantitative estimate of drug-likeness (QED) is 0.815. The second kappa shape index (κ2) is 19.5. The van der Waals surface area contributed by atoms with Crippen molar-refractivity contribution in [2.75, 3.05) is 6.54 Å². The van der Waals surface area contributed by atoms with E-state index in [0.29, 0.717) is 6.42 Å². The molecule has 0 heterocycles. The van der Waals surface area contributed by atoms with Crippen LogP contribution in [0, 0.1) is 0 Å². The van der Waals surface area contributed by atoms with Crippen molar-refractivity contribution in [1.29, 1.82) is 0 Å². The van der Waals surface area contributed by atoms with Crippen molar-refractivity contribution < 1.29 is 37.5 Å². The monoisotopic (exact) mass is 283 g/mol. The van der Waals surface area contributed by atoms with Gasteiger partial charge in [-0.15, -0.1) is 0 Å². The molecule has 0 fully saturated rings. The van der Waals surface area contributed by atoms with E-state index in [1.54, 1.807) is 6.92 Å². The summed E-state index contributed by atoms with van der Waals surface area (Å²) in [6, 6.07) is 12.0. The molecule has 3 heteroatoms. The summed E-state index contributed by atoms with van der Waals surface area (Å²) in [7, 11) is 0. The molecule has 0 spiro atoms. The molecule has 0 bridgehead atoms. The first-order valence-electron chi connectivity index (χ1n) is 4.97. The molecule has 2 nitrogen and oxygen atoms in total. The summed E-state index contributed by atoms with van der Waals surface area (Å²) in [5.74, 6) is 0.00926. The fourth-order valence-electron chi connectivity index (χ4n) is 0.510. The summed E-state index contributed by atoms with van der Waals surface area (Å²) < 4.78 is 0. The maximum Gasteiger partial charge on any atom is 0.112 e. The Bertz CT molecular complexity index is 169. The van der Waals surface area contributed by atoms with Gasteiger partial charge >= 0.3 is 0 Å².